The van der Waals surface area contributed by atoms with Crippen LogP contribution in [0.15, 0.2) is 42.5 Å². The van der Waals surface area contributed by atoms with Crippen molar-refractivity contribution in [3.8, 4) is 5.75 Å². The molecule has 1 atom stereocenters. The molecule has 0 bridgehead atoms. The maximum Gasteiger partial charge on any atom is 0.338 e. The first-order valence-electron chi connectivity index (χ1n) is 9.19. The van der Waals surface area contributed by atoms with E-state index < -0.39 is 24.3 Å². The van der Waals surface area contributed by atoms with Gasteiger partial charge in [0.25, 0.3) is 5.91 Å². The third-order valence-corrected chi connectivity index (χ3v) is 4.22. The molecule has 5 nitrogen and oxygen atoms in total. The molecule has 6 heteroatoms. The van der Waals surface area contributed by atoms with E-state index in [0.717, 1.165) is 18.1 Å². The van der Waals surface area contributed by atoms with Gasteiger partial charge in [0.15, 0.2) is 18.2 Å². The van der Waals surface area contributed by atoms with Crippen LogP contribution in [0.2, 0.25) is 0 Å². The van der Waals surface area contributed by atoms with Crippen molar-refractivity contribution in [2.75, 3.05) is 13.7 Å². The second-order valence-electron chi connectivity index (χ2n) is 7.05. The van der Waals surface area contributed by atoms with Crippen LogP contribution in [0.25, 0.3) is 0 Å². The Morgan fingerprint density at radius 2 is 1.75 bits per heavy atom. The number of methoxy groups -OCH3 is 1. The van der Waals surface area contributed by atoms with Crippen molar-refractivity contribution in [2.45, 2.75) is 33.2 Å². The quantitative estimate of drug-likeness (QED) is 0.694. The van der Waals surface area contributed by atoms with Gasteiger partial charge in [-0.25, -0.2) is 9.18 Å². The highest BCUT2D eigenvalue weighted by atomic mass is 19.1. The van der Waals surface area contributed by atoms with Crippen molar-refractivity contribution in [2.24, 2.45) is 5.92 Å². The number of benzene rings is 2. The van der Waals surface area contributed by atoms with Crippen molar-refractivity contribution < 1.29 is 23.5 Å². The summed E-state index contributed by atoms with van der Waals surface area (Å²) in [6.07, 6.45) is 1.00. The lowest BCUT2D eigenvalue weighted by atomic mass is 10.00. The zero-order valence-electron chi connectivity index (χ0n) is 16.6. The second kappa shape index (κ2) is 9.88. The Bertz CT molecular complexity index is 818. The minimum Gasteiger partial charge on any atom is -0.494 e. The van der Waals surface area contributed by atoms with E-state index in [9.17, 15) is 14.0 Å². The molecule has 0 aliphatic rings. The van der Waals surface area contributed by atoms with Gasteiger partial charge < -0.3 is 14.8 Å². The van der Waals surface area contributed by atoms with Gasteiger partial charge in [0.05, 0.1) is 18.7 Å². The van der Waals surface area contributed by atoms with Gasteiger partial charge in [-0.3, -0.25) is 4.79 Å². The molecule has 0 saturated heterocycles. The first-order chi connectivity index (χ1) is 13.3. The van der Waals surface area contributed by atoms with E-state index >= 15 is 0 Å². The summed E-state index contributed by atoms with van der Waals surface area (Å²) in [5.41, 5.74) is 2.22. The van der Waals surface area contributed by atoms with Gasteiger partial charge in [-0.1, -0.05) is 38.1 Å². The predicted molar refractivity (Wildman–Crippen MR) is 105 cm³/mol. The average molecular weight is 387 g/mol. The van der Waals surface area contributed by atoms with Crippen LogP contribution in [0.4, 0.5) is 4.39 Å². The lowest BCUT2D eigenvalue weighted by Crippen LogP contribution is -2.31. The summed E-state index contributed by atoms with van der Waals surface area (Å²) in [6, 6.07) is 11.6. The Labute approximate surface area is 164 Å². The Balaban J connectivity index is 1.86. The van der Waals surface area contributed by atoms with Crippen LogP contribution < -0.4 is 10.1 Å². The normalized spacial score (nSPS) is 11.8. The summed E-state index contributed by atoms with van der Waals surface area (Å²) in [5.74, 6) is -1.27. The molecule has 0 saturated carbocycles. The van der Waals surface area contributed by atoms with Crippen LogP contribution in [0.3, 0.4) is 0 Å². The highest BCUT2D eigenvalue weighted by molar-refractivity contribution is 5.91. The van der Waals surface area contributed by atoms with E-state index in [4.69, 9.17) is 9.47 Å². The van der Waals surface area contributed by atoms with E-state index in [1.807, 2.05) is 19.1 Å². The molecule has 1 N–H and O–H groups in total. The van der Waals surface area contributed by atoms with Gasteiger partial charge in [-0.05, 0) is 48.6 Å². The van der Waals surface area contributed by atoms with Gasteiger partial charge >= 0.3 is 5.97 Å². The number of halogens is 1. The number of amides is 1. The molecule has 0 fully saturated rings. The topological polar surface area (TPSA) is 64.6 Å². The SMILES string of the molecule is COc1ccc(C(=O)OCC(=O)N[C@@H](C)c2ccc(CC(C)C)cc2)cc1F. The Morgan fingerprint density at radius 3 is 2.32 bits per heavy atom. The van der Waals surface area contributed by atoms with Crippen molar-refractivity contribution in [3.05, 3.63) is 65.0 Å². The molecule has 0 unspecified atom stereocenters. The number of esters is 1. The largest absolute Gasteiger partial charge is 0.494 e. The number of rotatable bonds is 8. The maximum atomic E-state index is 13.7. The minimum absolute atomic E-state index is 0.0138. The highest BCUT2D eigenvalue weighted by Gasteiger charge is 2.15. The average Bonchev–Trinajstić information content (AvgIpc) is 2.66. The fourth-order valence-electron chi connectivity index (χ4n) is 2.79. The molecule has 0 heterocycles. The smallest absolute Gasteiger partial charge is 0.338 e. The first-order valence-corrected chi connectivity index (χ1v) is 9.19. The van der Waals surface area contributed by atoms with Crippen molar-refractivity contribution in [3.63, 3.8) is 0 Å². The predicted octanol–water partition coefficient (Wildman–Crippen LogP) is 4.07. The fourth-order valence-corrected chi connectivity index (χ4v) is 2.79. The van der Waals surface area contributed by atoms with Gasteiger partial charge in [-0.2, -0.15) is 0 Å². The van der Waals surface area contributed by atoms with E-state index in [1.165, 1.54) is 24.8 Å². The number of nitrogens with one attached hydrogen (secondary N) is 1. The summed E-state index contributed by atoms with van der Waals surface area (Å²) in [4.78, 5) is 24.0. The number of hydrogen-bond acceptors (Lipinski definition) is 4. The summed E-state index contributed by atoms with van der Waals surface area (Å²) in [7, 11) is 1.33. The van der Waals surface area contributed by atoms with Gasteiger partial charge in [-0.15, -0.1) is 0 Å². The van der Waals surface area contributed by atoms with Crippen molar-refractivity contribution >= 4 is 11.9 Å². The van der Waals surface area contributed by atoms with Crippen molar-refractivity contribution in [1.29, 1.82) is 0 Å². The molecule has 0 aliphatic carbocycles. The summed E-state index contributed by atoms with van der Waals surface area (Å²) >= 11 is 0. The van der Waals surface area contributed by atoms with Crippen molar-refractivity contribution in [1.82, 2.24) is 5.32 Å². The van der Waals surface area contributed by atoms with Crippen LogP contribution in [0.1, 0.15) is 48.3 Å². The van der Waals surface area contributed by atoms with Gasteiger partial charge in [0.1, 0.15) is 0 Å². The third kappa shape index (κ3) is 6.08. The summed E-state index contributed by atoms with van der Waals surface area (Å²) in [5, 5.41) is 2.78. The lowest BCUT2D eigenvalue weighted by molar-refractivity contribution is -0.124. The Morgan fingerprint density at radius 1 is 1.07 bits per heavy atom. The van der Waals surface area contributed by atoms with Crippen LogP contribution >= 0.6 is 0 Å². The monoisotopic (exact) mass is 387 g/mol. The molecule has 0 spiro atoms. The molecule has 2 rings (SSSR count). The molecular weight excluding hydrogens is 361 g/mol. The van der Waals surface area contributed by atoms with E-state index in [0.29, 0.717) is 5.92 Å². The van der Waals surface area contributed by atoms with E-state index in [-0.39, 0.29) is 17.4 Å². The summed E-state index contributed by atoms with van der Waals surface area (Å²) in [6.45, 7) is 5.75. The van der Waals surface area contributed by atoms with Crippen LogP contribution in [0.5, 0.6) is 5.75 Å². The molecule has 0 aromatic heterocycles. The van der Waals surface area contributed by atoms with E-state index in [2.05, 4.69) is 31.3 Å². The zero-order valence-corrected chi connectivity index (χ0v) is 16.6. The molecule has 0 aliphatic heterocycles. The minimum atomic E-state index is -0.776. The number of carbonyl (C=O) groups excluding carboxylic acids is 2. The first kappa shape index (κ1) is 21.4. The van der Waals surface area contributed by atoms with Gasteiger partial charge in [0.2, 0.25) is 0 Å². The van der Waals surface area contributed by atoms with Gasteiger partial charge in [0, 0.05) is 0 Å². The Kier molecular flexibility index (Phi) is 7.55. The molecule has 0 radical (unpaired) electrons. The lowest BCUT2D eigenvalue weighted by Gasteiger charge is -2.15. The van der Waals surface area contributed by atoms with Crippen LogP contribution in [-0.2, 0) is 16.0 Å². The standard InChI is InChI=1S/C22H26FNO4/c1-14(2)11-16-5-7-17(8-6-16)15(3)24-21(25)13-28-22(26)18-9-10-20(27-4)19(23)12-18/h5-10,12,14-15H,11,13H2,1-4H3,(H,24,25)/t15-/m0/s1. The molecule has 2 aromatic rings. The Hall–Kier alpha value is -2.89. The van der Waals surface area contributed by atoms with Crippen LogP contribution in [-0.4, -0.2) is 25.6 Å². The number of hydrogen-bond donors (Lipinski definition) is 1. The molecule has 1 amide bonds. The molecule has 150 valence electrons. The second-order valence-corrected chi connectivity index (χ2v) is 7.05. The highest BCUT2D eigenvalue weighted by Crippen LogP contribution is 2.18. The fraction of sp³-hybridized carbons (Fsp3) is 0.364. The summed E-state index contributed by atoms with van der Waals surface area (Å²) < 4.78 is 23.4. The third-order valence-electron chi connectivity index (χ3n) is 4.22. The molecule has 28 heavy (non-hydrogen) atoms. The zero-order chi connectivity index (χ0) is 20.7. The van der Waals surface area contributed by atoms with Crippen LogP contribution in [0, 0.1) is 11.7 Å². The molecular formula is C22H26FNO4. The maximum absolute atomic E-state index is 13.7. The number of ether oxygens (including phenoxy) is 2. The number of carbonyl (C=O) groups is 2. The van der Waals surface area contributed by atoms with E-state index in [1.54, 1.807) is 0 Å². The molecule has 2 aromatic carbocycles.